The Morgan fingerprint density at radius 2 is 0.953 bits per heavy atom. The Kier molecular flexibility index (Phi) is 11.7. The second-order valence-electron chi connectivity index (χ2n) is 11.2. The van der Waals surface area contributed by atoms with Gasteiger partial charge in [0.25, 0.3) is 0 Å². The topological polar surface area (TPSA) is 313 Å². The van der Waals surface area contributed by atoms with Crippen LogP contribution in [0, 0.1) is 0 Å². The van der Waals surface area contributed by atoms with E-state index in [1.807, 2.05) is 0 Å². The summed E-state index contributed by atoms with van der Waals surface area (Å²) in [7, 11) is 0. The molecule has 0 aromatic carbocycles. The highest BCUT2D eigenvalue weighted by Crippen LogP contribution is 2.34. The molecule has 13 N–H and O–H groups in total. The van der Waals surface area contributed by atoms with Crippen LogP contribution in [0.1, 0.15) is 13.8 Å². The molecule has 4 aliphatic heterocycles. The summed E-state index contributed by atoms with van der Waals surface area (Å²) in [6.07, 6.45) is -30.1. The van der Waals surface area contributed by atoms with Gasteiger partial charge in [0.15, 0.2) is 25.2 Å². The Morgan fingerprint density at radius 1 is 0.488 bits per heavy atom. The lowest BCUT2D eigenvalue weighted by Crippen LogP contribution is -2.69. The van der Waals surface area contributed by atoms with E-state index in [-0.39, 0.29) is 0 Å². The fraction of sp³-hybridized carbons (Fsp3) is 1.00. The monoisotopic (exact) mass is 633 g/mol. The van der Waals surface area contributed by atoms with Gasteiger partial charge in [0.1, 0.15) is 79.4 Å². The minimum atomic E-state index is -1.87. The molecule has 0 spiro atoms. The van der Waals surface area contributed by atoms with Crippen molar-refractivity contribution in [3.63, 3.8) is 0 Å². The molecule has 19 nitrogen and oxygen atoms in total. The van der Waals surface area contributed by atoms with Gasteiger partial charge in [0.2, 0.25) is 0 Å². The second-order valence-corrected chi connectivity index (χ2v) is 11.2. The van der Waals surface area contributed by atoms with Crippen molar-refractivity contribution < 1.29 is 89.3 Å². The van der Waals surface area contributed by atoms with Crippen LogP contribution in [0.4, 0.5) is 0 Å². The average molecular weight is 634 g/mol. The molecule has 19 heteroatoms. The quantitative estimate of drug-likeness (QED) is 0.118. The van der Waals surface area contributed by atoms with Crippen molar-refractivity contribution in [2.45, 2.75) is 137 Å². The summed E-state index contributed by atoms with van der Waals surface area (Å²) in [6, 6.07) is -1.45. The largest absolute Gasteiger partial charge is 0.394 e. The molecule has 4 rings (SSSR count). The normalized spacial score (nSPS) is 54.8. The zero-order valence-corrected chi connectivity index (χ0v) is 23.3. The Balaban J connectivity index is 1.62. The Hall–Kier alpha value is -0.760. The first-order valence-electron chi connectivity index (χ1n) is 13.9. The van der Waals surface area contributed by atoms with E-state index in [1.54, 1.807) is 0 Å². The van der Waals surface area contributed by atoms with Crippen LogP contribution < -0.4 is 5.73 Å². The van der Waals surface area contributed by atoms with E-state index in [0.29, 0.717) is 0 Å². The van der Waals surface area contributed by atoms with E-state index in [0.717, 1.165) is 0 Å². The summed E-state index contributed by atoms with van der Waals surface area (Å²) in [5.41, 5.74) is 6.13. The molecule has 43 heavy (non-hydrogen) atoms. The van der Waals surface area contributed by atoms with Gasteiger partial charge in [0.05, 0.1) is 31.5 Å². The van der Waals surface area contributed by atoms with Gasteiger partial charge < -0.3 is 95.1 Å². The molecule has 4 saturated heterocycles. The van der Waals surface area contributed by atoms with Gasteiger partial charge in [-0.1, -0.05) is 0 Å². The molecule has 4 aliphatic rings. The number of hydrogen-bond donors (Lipinski definition) is 12. The van der Waals surface area contributed by atoms with Crippen LogP contribution in [-0.4, -0.2) is 192 Å². The SMILES string of the molecule is C[C@@H]1O[C@@H](O[C@H]2[C@H](O[C@H]3[C@H](O[C@@H]4O[C@@H](C)[C@@H](O)[C@@H](O)[C@@H]4O)[C@@H](N)C(O)O[C@@H]3CO)O[C@H](CO)[C@H](O)[C@@H]2O)[C@@H](O)[C@H](O)[C@@H]1O. The molecule has 0 aromatic rings. The van der Waals surface area contributed by atoms with E-state index >= 15 is 0 Å². The van der Waals surface area contributed by atoms with Gasteiger partial charge in [-0.25, -0.2) is 0 Å². The maximum atomic E-state index is 10.9. The van der Waals surface area contributed by atoms with Gasteiger partial charge in [0, 0.05) is 0 Å². The van der Waals surface area contributed by atoms with Crippen LogP contribution in [0.3, 0.4) is 0 Å². The highest BCUT2D eigenvalue weighted by Gasteiger charge is 2.55. The number of hydrogen-bond acceptors (Lipinski definition) is 19. The highest BCUT2D eigenvalue weighted by atomic mass is 16.8. The zero-order valence-electron chi connectivity index (χ0n) is 23.3. The fourth-order valence-corrected chi connectivity index (χ4v) is 5.45. The lowest BCUT2D eigenvalue weighted by atomic mass is 9.95. The second kappa shape index (κ2) is 14.3. The molecule has 0 amide bonds. The van der Waals surface area contributed by atoms with Crippen LogP contribution in [0.5, 0.6) is 0 Å². The Bertz CT molecular complexity index is 891. The molecule has 4 fully saturated rings. The zero-order chi connectivity index (χ0) is 31.9. The molecule has 4 heterocycles. The highest BCUT2D eigenvalue weighted by molar-refractivity contribution is 4.98. The number of nitrogens with two attached hydrogens (primary N) is 1. The minimum Gasteiger partial charge on any atom is -0.394 e. The van der Waals surface area contributed by atoms with Crippen molar-refractivity contribution in [1.29, 1.82) is 0 Å². The average Bonchev–Trinajstić information content (AvgIpc) is 2.98. The smallest absolute Gasteiger partial charge is 0.187 e. The van der Waals surface area contributed by atoms with Gasteiger partial charge in [-0.05, 0) is 13.8 Å². The third kappa shape index (κ3) is 7.00. The van der Waals surface area contributed by atoms with Crippen molar-refractivity contribution in [2.24, 2.45) is 5.73 Å². The molecule has 0 aromatic heterocycles. The number of aliphatic hydroxyl groups is 11. The van der Waals surface area contributed by atoms with Crippen molar-refractivity contribution in [2.75, 3.05) is 13.2 Å². The Labute approximate surface area is 245 Å². The molecule has 0 aliphatic carbocycles. The standard InChI is InChI=1S/C24H43NO18/c1-5-10(28)13(31)16(34)22(37-5)42-19-9(25)21(36)39-8(4-27)18(19)41-24-20(15(33)12(30)7(3-26)40-24)43-23-17(35)14(32)11(29)6(2)38-23/h5-24,26-36H,3-4,25H2,1-2H3/t5-,6-,7+,8+,9+,10+,11+,12-,13+,14+,15-,16-,17-,18+,19+,20+,21?,22-,23-,24-/m0/s1. The van der Waals surface area contributed by atoms with E-state index < -0.39 is 136 Å². The van der Waals surface area contributed by atoms with Crippen LogP contribution in [-0.2, 0) is 33.2 Å². The van der Waals surface area contributed by atoms with Crippen molar-refractivity contribution in [1.82, 2.24) is 0 Å². The van der Waals surface area contributed by atoms with Crippen molar-refractivity contribution in [3.8, 4) is 0 Å². The predicted molar refractivity (Wildman–Crippen MR) is 133 cm³/mol. The maximum absolute atomic E-state index is 10.9. The predicted octanol–water partition coefficient (Wildman–Crippen LogP) is -7.73. The van der Waals surface area contributed by atoms with Crippen molar-refractivity contribution >= 4 is 0 Å². The van der Waals surface area contributed by atoms with Crippen LogP contribution >= 0.6 is 0 Å². The molecule has 0 radical (unpaired) electrons. The summed E-state index contributed by atoms with van der Waals surface area (Å²) in [6.45, 7) is 1.17. The fourth-order valence-electron chi connectivity index (χ4n) is 5.45. The molecule has 1 unspecified atom stereocenters. The van der Waals surface area contributed by atoms with E-state index in [4.69, 9.17) is 38.9 Å². The first kappa shape index (κ1) is 35.1. The lowest BCUT2D eigenvalue weighted by Gasteiger charge is -2.50. The summed E-state index contributed by atoms with van der Waals surface area (Å²) in [5, 5.41) is 113. The summed E-state index contributed by atoms with van der Waals surface area (Å²) < 4.78 is 39.4. The first-order chi connectivity index (χ1) is 20.2. The number of rotatable bonds is 8. The van der Waals surface area contributed by atoms with Crippen LogP contribution in [0.15, 0.2) is 0 Å². The van der Waals surface area contributed by atoms with E-state index in [2.05, 4.69) is 0 Å². The van der Waals surface area contributed by atoms with Gasteiger partial charge in [-0.3, -0.25) is 0 Å². The summed E-state index contributed by atoms with van der Waals surface area (Å²) in [4.78, 5) is 0. The Morgan fingerprint density at radius 3 is 1.44 bits per heavy atom. The number of ether oxygens (including phenoxy) is 7. The van der Waals surface area contributed by atoms with Gasteiger partial charge in [-0.2, -0.15) is 0 Å². The minimum absolute atomic E-state index is 0.807. The molecular weight excluding hydrogens is 590 g/mol. The summed E-state index contributed by atoms with van der Waals surface area (Å²) >= 11 is 0. The molecule has 20 atom stereocenters. The number of aliphatic hydroxyl groups excluding tert-OH is 11. The third-order valence-corrected chi connectivity index (χ3v) is 8.21. The van der Waals surface area contributed by atoms with Gasteiger partial charge >= 0.3 is 0 Å². The lowest BCUT2D eigenvalue weighted by molar-refractivity contribution is -0.390. The maximum Gasteiger partial charge on any atom is 0.187 e. The molecule has 0 saturated carbocycles. The molecular formula is C24H43NO18. The van der Waals surface area contributed by atoms with Crippen LogP contribution in [0.25, 0.3) is 0 Å². The van der Waals surface area contributed by atoms with Gasteiger partial charge in [-0.15, -0.1) is 0 Å². The van der Waals surface area contributed by atoms with E-state index in [9.17, 15) is 56.2 Å². The third-order valence-electron chi connectivity index (χ3n) is 8.21. The first-order valence-corrected chi connectivity index (χ1v) is 13.9. The van der Waals surface area contributed by atoms with Crippen LogP contribution in [0.2, 0.25) is 0 Å². The van der Waals surface area contributed by atoms with Crippen molar-refractivity contribution in [3.05, 3.63) is 0 Å². The molecule has 252 valence electrons. The van der Waals surface area contributed by atoms with E-state index in [1.165, 1.54) is 13.8 Å². The summed E-state index contributed by atoms with van der Waals surface area (Å²) in [5.74, 6) is 0. The molecule has 0 bridgehead atoms.